The lowest BCUT2D eigenvalue weighted by atomic mass is 9.98. The Labute approximate surface area is 192 Å². The predicted octanol–water partition coefficient (Wildman–Crippen LogP) is 4.17. The highest BCUT2D eigenvalue weighted by molar-refractivity contribution is 5.75. The summed E-state index contributed by atoms with van der Waals surface area (Å²) in [5.41, 5.74) is 9.86. The highest BCUT2D eigenvalue weighted by Crippen LogP contribution is 2.23. The SMILES string of the molecule is CC(C)Cc1ccc(-c2cc(Cn3cnc(C(Cc4ccc(N)nc4)C(=O)O)c3)no2)cc1. The third-order valence-electron chi connectivity index (χ3n) is 5.38. The summed E-state index contributed by atoms with van der Waals surface area (Å²) < 4.78 is 7.34. The number of aliphatic carboxylic acids is 1. The second-order valence-electron chi connectivity index (χ2n) is 8.63. The zero-order valence-corrected chi connectivity index (χ0v) is 18.7. The minimum atomic E-state index is -0.943. The molecule has 1 aromatic carbocycles. The number of imidazole rings is 1. The summed E-state index contributed by atoms with van der Waals surface area (Å²) >= 11 is 0. The van der Waals surface area contributed by atoms with Crippen LogP contribution in [0, 0.1) is 5.92 Å². The third kappa shape index (κ3) is 5.65. The van der Waals surface area contributed by atoms with Crippen LogP contribution in [-0.4, -0.2) is 30.8 Å². The first-order valence-electron chi connectivity index (χ1n) is 10.9. The molecule has 8 nitrogen and oxygen atoms in total. The molecule has 0 saturated carbocycles. The monoisotopic (exact) mass is 445 g/mol. The lowest BCUT2D eigenvalue weighted by molar-refractivity contribution is -0.138. The summed E-state index contributed by atoms with van der Waals surface area (Å²) in [6, 6.07) is 13.6. The number of carboxylic acid groups (broad SMARTS) is 1. The summed E-state index contributed by atoms with van der Waals surface area (Å²) in [6.45, 7) is 4.83. The summed E-state index contributed by atoms with van der Waals surface area (Å²) in [7, 11) is 0. The average molecular weight is 446 g/mol. The van der Waals surface area contributed by atoms with Crippen LogP contribution in [0.3, 0.4) is 0 Å². The van der Waals surface area contributed by atoms with E-state index in [2.05, 4.69) is 41.1 Å². The van der Waals surface area contributed by atoms with E-state index in [9.17, 15) is 9.90 Å². The van der Waals surface area contributed by atoms with Gasteiger partial charge < -0.3 is 19.9 Å². The van der Waals surface area contributed by atoms with Gasteiger partial charge in [0.15, 0.2) is 5.76 Å². The van der Waals surface area contributed by atoms with Gasteiger partial charge in [-0.15, -0.1) is 0 Å². The van der Waals surface area contributed by atoms with Crippen molar-refractivity contribution in [3.05, 3.63) is 83.7 Å². The number of benzene rings is 1. The zero-order valence-electron chi connectivity index (χ0n) is 18.7. The fourth-order valence-corrected chi connectivity index (χ4v) is 3.74. The summed E-state index contributed by atoms with van der Waals surface area (Å²) in [5.74, 6) is -0.0265. The minimum absolute atomic E-state index is 0.278. The Morgan fingerprint density at radius 3 is 2.52 bits per heavy atom. The van der Waals surface area contributed by atoms with Gasteiger partial charge in [0.2, 0.25) is 0 Å². The number of carboxylic acids is 1. The van der Waals surface area contributed by atoms with Crippen molar-refractivity contribution in [3.63, 3.8) is 0 Å². The second-order valence-corrected chi connectivity index (χ2v) is 8.63. The summed E-state index contributed by atoms with van der Waals surface area (Å²) in [4.78, 5) is 20.2. The predicted molar refractivity (Wildman–Crippen MR) is 125 cm³/mol. The molecule has 3 N–H and O–H groups in total. The molecule has 0 amide bonds. The number of rotatable bonds is 9. The quantitative estimate of drug-likeness (QED) is 0.397. The molecule has 0 fully saturated rings. The zero-order chi connectivity index (χ0) is 23.4. The topological polar surface area (TPSA) is 120 Å². The van der Waals surface area contributed by atoms with Gasteiger partial charge in [-0.1, -0.05) is 49.3 Å². The van der Waals surface area contributed by atoms with Crippen molar-refractivity contribution in [2.75, 3.05) is 5.73 Å². The molecular formula is C25H27N5O3. The molecule has 0 aliphatic heterocycles. The third-order valence-corrected chi connectivity index (χ3v) is 5.38. The normalized spacial score (nSPS) is 12.2. The van der Waals surface area contributed by atoms with Gasteiger partial charge in [-0.25, -0.2) is 9.97 Å². The van der Waals surface area contributed by atoms with Gasteiger partial charge in [0, 0.05) is 24.0 Å². The molecule has 3 heterocycles. The Morgan fingerprint density at radius 2 is 1.85 bits per heavy atom. The van der Waals surface area contributed by atoms with Crippen molar-refractivity contribution in [2.24, 2.45) is 5.92 Å². The van der Waals surface area contributed by atoms with Gasteiger partial charge >= 0.3 is 5.97 Å². The Balaban J connectivity index is 1.44. The van der Waals surface area contributed by atoms with Crippen molar-refractivity contribution < 1.29 is 14.4 Å². The van der Waals surface area contributed by atoms with Crippen LogP contribution in [0.4, 0.5) is 5.82 Å². The molecule has 170 valence electrons. The highest BCUT2D eigenvalue weighted by Gasteiger charge is 2.23. The maximum absolute atomic E-state index is 11.9. The molecule has 1 atom stereocenters. The van der Waals surface area contributed by atoms with Crippen molar-refractivity contribution >= 4 is 11.8 Å². The van der Waals surface area contributed by atoms with E-state index in [0.717, 1.165) is 23.2 Å². The van der Waals surface area contributed by atoms with Gasteiger partial charge in [0.05, 0.1) is 18.6 Å². The van der Waals surface area contributed by atoms with E-state index >= 15 is 0 Å². The van der Waals surface area contributed by atoms with E-state index in [1.165, 1.54) is 5.56 Å². The van der Waals surface area contributed by atoms with Crippen LogP contribution in [0.1, 0.15) is 42.3 Å². The second kappa shape index (κ2) is 9.68. The summed E-state index contributed by atoms with van der Waals surface area (Å²) in [5, 5.41) is 13.9. The first-order valence-corrected chi connectivity index (χ1v) is 10.9. The van der Waals surface area contributed by atoms with Crippen LogP contribution in [0.25, 0.3) is 11.3 Å². The highest BCUT2D eigenvalue weighted by atomic mass is 16.5. The Hall–Kier alpha value is -3.94. The number of aromatic nitrogens is 4. The van der Waals surface area contributed by atoms with E-state index in [0.29, 0.717) is 29.7 Å². The number of nitrogens with two attached hydrogens (primary N) is 1. The molecule has 0 aliphatic carbocycles. The lowest BCUT2D eigenvalue weighted by Crippen LogP contribution is -2.15. The number of carbonyl (C=O) groups is 1. The fraction of sp³-hybridized carbons (Fsp3) is 0.280. The van der Waals surface area contributed by atoms with E-state index in [-0.39, 0.29) is 6.42 Å². The fourth-order valence-electron chi connectivity index (χ4n) is 3.74. The summed E-state index contributed by atoms with van der Waals surface area (Å²) in [6.07, 6.45) is 6.26. The molecule has 1 unspecified atom stereocenters. The van der Waals surface area contributed by atoms with Gasteiger partial charge in [0.25, 0.3) is 0 Å². The minimum Gasteiger partial charge on any atom is -0.481 e. The van der Waals surface area contributed by atoms with Crippen LogP contribution in [-0.2, 0) is 24.2 Å². The number of pyridine rings is 1. The molecule has 33 heavy (non-hydrogen) atoms. The number of anilines is 1. The maximum atomic E-state index is 11.9. The Bertz CT molecular complexity index is 1210. The molecule has 3 aromatic heterocycles. The number of nitrogen functional groups attached to an aromatic ring is 1. The molecule has 0 radical (unpaired) electrons. The number of hydrogen-bond acceptors (Lipinski definition) is 6. The van der Waals surface area contributed by atoms with Crippen molar-refractivity contribution in [3.8, 4) is 11.3 Å². The molecular weight excluding hydrogens is 418 g/mol. The average Bonchev–Trinajstić information content (AvgIpc) is 3.43. The van der Waals surface area contributed by atoms with Crippen LogP contribution >= 0.6 is 0 Å². The first kappa shape index (κ1) is 22.3. The molecule has 0 spiro atoms. The molecule has 0 saturated heterocycles. The number of hydrogen-bond donors (Lipinski definition) is 2. The van der Waals surface area contributed by atoms with Crippen molar-refractivity contribution in [2.45, 2.75) is 39.2 Å². The van der Waals surface area contributed by atoms with Gasteiger partial charge in [-0.2, -0.15) is 0 Å². The van der Waals surface area contributed by atoms with E-state index in [1.807, 2.05) is 18.2 Å². The van der Waals surface area contributed by atoms with E-state index in [4.69, 9.17) is 10.3 Å². The van der Waals surface area contributed by atoms with E-state index in [1.54, 1.807) is 35.4 Å². The van der Waals surface area contributed by atoms with E-state index < -0.39 is 11.9 Å². The van der Waals surface area contributed by atoms with Crippen LogP contribution in [0.2, 0.25) is 0 Å². The molecule has 4 aromatic rings. The molecule has 4 rings (SSSR count). The Morgan fingerprint density at radius 1 is 1.09 bits per heavy atom. The molecule has 0 aliphatic rings. The van der Waals surface area contributed by atoms with Crippen LogP contribution in [0.5, 0.6) is 0 Å². The van der Waals surface area contributed by atoms with Crippen molar-refractivity contribution in [1.29, 1.82) is 0 Å². The van der Waals surface area contributed by atoms with Gasteiger partial charge in [0.1, 0.15) is 17.4 Å². The van der Waals surface area contributed by atoms with Crippen LogP contribution in [0.15, 0.2) is 65.7 Å². The molecule has 8 heteroatoms. The smallest absolute Gasteiger partial charge is 0.312 e. The lowest BCUT2D eigenvalue weighted by Gasteiger charge is -2.09. The standard InChI is InChI=1S/C25H27N5O3/c1-16(2)9-17-3-6-19(7-4-17)23-11-20(29-33-23)13-30-14-22(28-15-30)21(25(31)32)10-18-5-8-24(26)27-12-18/h3-8,11-12,14-16,21H,9-10,13H2,1-2H3,(H2,26,27)(H,31,32). The largest absolute Gasteiger partial charge is 0.481 e. The Kier molecular flexibility index (Phi) is 6.53. The van der Waals surface area contributed by atoms with Gasteiger partial charge in [-0.05, 0) is 36.0 Å². The van der Waals surface area contributed by atoms with Crippen LogP contribution < -0.4 is 5.73 Å². The molecule has 0 bridgehead atoms. The van der Waals surface area contributed by atoms with Gasteiger partial charge in [-0.3, -0.25) is 4.79 Å². The maximum Gasteiger partial charge on any atom is 0.312 e. The first-order chi connectivity index (χ1) is 15.9. The van der Waals surface area contributed by atoms with Crippen molar-refractivity contribution in [1.82, 2.24) is 19.7 Å². The number of nitrogens with zero attached hydrogens (tertiary/aromatic N) is 4.